The number of carboxylic acid groups (broad SMARTS) is 1. The number of benzene rings is 1. The van der Waals surface area contributed by atoms with Crippen LogP contribution in [0.25, 0.3) is 5.69 Å². The van der Waals surface area contributed by atoms with Gasteiger partial charge in [0.15, 0.2) is 5.16 Å². The van der Waals surface area contributed by atoms with Gasteiger partial charge in [-0.25, -0.2) is 0 Å². The molecule has 0 unspecified atom stereocenters. The van der Waals surface area contributed by atoms with E-state index in [9.17, 15) is 18.0 Å². The maximum atomic E-state index is 12.9. The van der Waals surface area contributed by atoms with Gasteiger partial charge in [0.05, 0.1) is 11.3 Å². The summed E-state index contributed by atoms with van der Waals surface area (Å²) in [7, 11) is 0. The molecule has 112 valence electrons. The molecule has 0 radical (unpaired) electrons. The molecule has 0 atom stereocenters. The molecule has 0 fully saturated rings. The van der Waals surface area contributed by atoms with E-state index < -0.39 is 17.7 Å². The highest BCUT2D eigenvalue weighted by atomic mass is 32.2. The highest BCUT2D eigenvalue weighted by molar-refractivity contribution is 7.99. The number of carbonyl (C=O) groups is 1. The van der Waals surface area contributed by atoms with Crippen molar-refractivity contribution in [3.05, 3.63) is 35.7 Å². The number of carboxylic acids is 1. The number of aromatic nitrogens is 3. The molecule has 0 saturated carbocycles. The average Bonchev–Trinajstić information content (AvgIpc) is 2.84. The summed E-state index contributed by atoms with van der Waals surface area (Å²) in [5.74, 6) is -1.30. The molecule has 0 spiro atoms. The predicted molar refractivity (Wildman–Crippen MR) is 69.5 cm³/mol. The molecule has 0 aliphatic carbocycles. The van der Waals surface area contributed by atoms with Gasteiger partial charge >= 0.3 is 12.1 Å². The van der Waals surface area contributed by atoms with Crippen LogP contribution in [-0.4, -0.2) is 31.6 Å². The van der Waals surface area contributed by atoms with Crippen molar-refractivity contribution in [3.63, 3.8) is 0 Å². The van der Waals surface area contributed by atoms with Crippen LogP contribution in [0.3, 0.4) is 0 Å². The standard InChI is InChI=1S/C12H10F3N3O2S/c1-7-2-3-8(4-9(7)12(13,14)15)18-6-16-17-11(18)21-5-10(19)20/h2-4,6H,5H2,1H3,(H,19,20). The highest BCUT2D eigenvalue weighted by Crippen LogP contribution is 2.33. The molecule has 2 rings (SSSR count). The normalized spacial score (nSPS) is 11.6. The van der Waals surface area contributed by atoms with Crippen molar-refractivity contribution in [2.24, 2.45) is 0 Å². The molecule has 1 aromatic heterocycles. The number of thioether (sulfide) groups is 1. The van der Waals surface area contributed by atoms with Crippen molar-refractivity contribution < 1.29 is 23.1 Å². The first-order chi connectivity index (χ1) is 9.79. The van der Waals surface area contributed by atoms with Crippen molar-refractivity contribution in [1.82, 2.24) is 14.8 Å². The van der Waals surface area contributed by atoms with Gasteiger partial charge in [-0.2, -0.15) is 13.2 Å². The van der Waals surface area contributed by atoms with E-state index in [1.54, 1.807) is 0 Å². The average molecular weight is 317 g/mol. The smallest absolute Gasteiger partial charge is 0.416 e. The van der Waals surface area contributed by atoms with Crippen LogP contribution < -0.4 is 0 Å². The van der Waals surface area contributed by atoms with Crippen molar-refractivity contribution in [2.45, 2.75) is 18.3 Å². The van der Waals surface area contributed by atoms with Gasteiger partial charge in [-0.05, 0) is 24.6 Å². The predicted octanol–water partition coefficient (Wildman–Crippen LogP) is 2.77. The van der Waals surface area contributed by atoms with Crippen LogP contribution in [0.15, 0.2) is 29.7 Å². The van der Waals surface area contributed by atoms with E-state index in [1.165, 1.54) is 30.0 Å². The molecular formula is C12H10F3N3O2S. The zero-order chi connectivity index (χ0) is 15.6. The Hall–Kier alpha value is -2.03. The summed E-state index contributed by atoms with van der Waals surface area (Å²) in [6, 6.07) is 3.84. The van der Waals surface area contributed by atoms with Gasteiger partial charge in [0.2, 0.25) is 0 Å². The third-order valence-corrected chi connectivity index (χ3v) is 3.57. The zero-order valence-electron chi connectivity index (χ0n) is 10.8. The number of aryl methyl sites for hydroxylation is 1. The first-order valence-corrected chi connectivity index (χ1v) is 6.70. The molecule has 0 amide bonds. The van der Waals surface area contributed by atoms with Crippen molar-refractivity contribution in [1.29, 1.82) is 0 Å². The fourth-order valence-corrected chi connectivity index (χ4v) is 2.34. The number of halogens is 3. The molecule has 0 saturated heterocycles. The Labute approximate surface area is 121 Å². The highest BCUT2D eigenvalue weighted by Gasteiger charge is 2.32. The second-order valence-electron chi connectivity index (χ2n) is 4.16. The molecule has 1 heterocycles. The SMILES string of the molecule is Cc1ccc(-n2cnnc2SCC(=O)O)cc1C(F)(F)F. The summed E-state index contributed by atoms with van der Waals surface area (Å²) in [4.78, 5) is 10.5. The molecule has 1 aromatic carbocycles. The summed E-state index contributed by atoms with van der Waals surface area (Å²) >= 11 is 0.883. The lowest BCUT2D eigenvalue weighted by Crippen LogP contribution is -2.09. The lowest BCUT2D eigenvalue weighted by Gasteiger charge is -2.13. The van der Waals surface area contributed by atoms with E-state index in [0.717, 1.165) is 17.8 Å². The molecule has 21 heavy (non-hydrogen) atoms. The van der Waals surface area contributed by atoms with Crippen LogP contribution in [0.2, 0.25) is 0 Å². The summed E-state index contributed by atoms with van der Waals surface area (Å²) in [5.41, 5.74) is -0.409. The van der Waals surface area contributed by atoms with Crippen LogP contribution >= 0.6 is 11.8 Å². The topological polar surface area (TPSA) is 68.0 Å². The van der Waals surface area contributed by atoms with Crippen LogP contribution in [0.5, 0.6) is 0 Å². The van der Waals surface area contributed by atoms with Crippen molar-refractivity contribution in [2.75, 3.05) is 5.75 Å². The van der Waals surface area contributed by atoms with Gasteiger partial charge in [-0.15, -0.1) is 10.2 Å². The lowest BCUT2D eigenvalue weighted by atomic mass is 10.1. The molecule has 1 N–H and O–H groups in total. The molecule has 0 bridgehead atoms. The minimum atomic E-state index is -4.46. The largest absolute Gasteiger partial charge is 0.481 e. The number of alkyl halides is 3. The van der Waals surface area contributed by atoms with Gasteiger partial charge in [-0.1, -0.05) is 17.8 Å². The summed E-state index contributed by atoms with van der Waals surface area (Å²) in [6.45, 7) is 1.37. The van der Waals surface area contributed by atoms with Crippen LogP contribution in [-0.2, 0) is 11.0 Å². The zero-order valence-corrected chi connectivity index (χ0v) is 11.6. The quantitative estimate of drug-likeness (QED) is 0.878. The molecule has 0 aliphatic heterocycles. The van der Waals surface area contributed by atoms with E-state index in [4.69, 9.17) is 5.11 Å². The Morgan fingerprint density at radius 2 is 2.14 bits per heavy atom. The maximum Gasteiger partial charge on any atom is 0.416 e. The Morgan fingerprint density at radius 3 is 2.76 bits per heavy atom. The summed E-state index contributed by atoms with van der Waals surface area (Å²) in [5, 5.41) is 16.2. The Morgan fingerprint density at radius 1 is 1.43 bits per heavy atom. The Balaban J connectivity index is 2.39. The van der Waals surface area contributed by atoms with E-state index in [-0.39, 0.29) is 22.2 Å². The molecule has 5 nitrogen and oxygen atoms in total. The fourth-order valence-electron chi connectivity index (χ4n) is 1.69. The Bertz CT molecular complexity index is 670. The van der Waals surface area contributed by atoms with Gasteiger partial charge < -0.3 is 5.11 Å². The second-order valence-corrected chi connectivity index (χ2v) is 5.11. The molecule has 0 aliphatic rings. The fraction of sp³-hybridized carbons (Fsp3) is 0.250. The number of aliphatic carboxylic acids is 1. The molecular weight excluding hydrogens is 307 g/mol. The first kappa shape index (κ1) is 15.4. The van der Waals surface area contributed by atoms with E-state index in [2.05, 4.69) is 10.2 Å². The second kappa shape index (κ2) is 5.76. The number of hydrogen-bond donors (Lipinski definition) is 1. The van der Waals surface area contributed by atoms with Crippen molar-refractivity contribution in [3.8, 4) is 5.69 Å². The third-order valence-electron chi connectivity index (χ3n) is 2.65. The van der Waals surface area contributed by atoms with Gasteiger partial charge in [0, 0.05) is 5.69 Å². The van der Waals surface area contributed by atoms with Gasteiger partial charge in [0.1, 0.15) is 6.33 Å². The van der Waals surface area contributed by atoms with E-state index in [0.29, 0.717) is 0 Å². The monoisotopic (exact) mass is 317 g/mol. The van der Waals surface area contributed by atoms with Crippen LogP contribution in [0.4, 0.5) is 13.2 Å². The lowest BCUT2D eigenvalue weighted by molar-refractivity contribution is -0.138. The van der Waals surface area contributed by atoms with Gasteiger partial charge in [-0.3, -0.25) is 9.36 Å². The minimum Gasteiger partial charge on any atom is -0.481 e. The minimum absolute atomic E-state index is 0.110. The van der Waals surface area contributed by atoms with Gasteiger partial charge in [0.25, 0.3) is 0 Å². The van der Waals surface area contributed by atoms with E-state index in [1.807, 2.05) is 0 Å². The van der Waals surface area contributed by atoms with Crippen molar-refractivity contribution >= 4 is 17.7 Å². The third kappa shape index (κ3) is 3.54. The number of rotatable bonds is 4. The van der Waals surface area contributed by atoms with E-state index >= 15 is 0 Å². The number of nitrogens with zero attached hydrogens (tertiary/aromatic N) is 3. The molecule has 2 aromatic rings. The number of hydrogen-bond acceptors (Lipinski definition) is 4. The summed E-state index contributed by atoms with van der Waals surface area (Å²) in [6.07, 6.45) is -3.21. The Kier molecular flexibility index (Phi) is 4.21. The van der Waals surface area contributed by atoms with Crippen LogP contribution in [0.1, 0.15) is 11.1 Å². The summed E-state index contributed by atoms with van der Waals surface area (Å²) < 4.78 is 40.0. The first-order valence-electron chi connectivity index (χ1n) is 5.72. The molecule has 9 heteroatoms. The van der Waals surface area contributed by atoms with Crippen LogP contribution in [0, 0.1) is 6.92 Å². The maximum absolute atomic E-state index is 12.9.